The number of hydrogen-bond acceptors (Lipinski definition) is 4. The summed E-state index contributed by atoms with van der Waals surface area (Å²) < 4.78 is 6.37. The summed E-state index contributed by atoms with van der Waals surface area (Å²) in [6, 6.07) is 6.35. The van der Waals surface area contributed by atoms with Crippen LogP contribution in [0.15, 0.2) is 43.1 Å². The molecule has 0 radical (unpaired) electrons. The molecule has 0 aliphatic heterocycles. The van der Waals surface area contributed by atoms with Crippen LogP contribution in [0.2, 0.25) is 0 Å². The number of nitrogens with zero attached hydrogens (tertiary/aromatic N) is 1. The highest BCUT2D eigenvalue weighted by molar-refractivity contribution is 5.96. The minimum atomic E-state index is -0.853. The molecule has 0 aliphatic carbocycles. The normalized spacial score (nSPS) is 11.9. The quantitative estimate of drug-likeness (QED) is 0.835. The lowest BCUT2D eigenvalue weighted by Gasteiger charge is -2.08. The molecular weight excluding hydrogens is 270 g/mol. The van der Waals surface area contributed by atoms with Gasteiger partial charge in [0.1, 0.15) is 12.6 Å². The Kier molecular flexibility index (Phi) is 4.39. The summed E-state index contributed by atoms with van der Waals surface area (Å²) in [5.74, 6) is -0.322. The number of hydrogen-bond donors (Lipinski definition) is 2. The van der Waals surface area contributed by atoms with Crippen LogP contribution >= 0.6 is 0 Å². The Morgan fingerprint density at radius 2 is 2.19 bits per heavy atom. The summed E-state index contributed by atoms with van der Waals surface area (Å²) in [5, 5.41) is 3.24. The van der Waals surface area contributed by atoms with Gasteiger partial charge in [0.05, 0.1) is 5.52 Å². The van der Waals surface area contributed by atoms with Crippen LogP contribution in [0, 0.1) is 0 Å². The first kappa shape index (κ1) is 14.8. The molecule has 1 aromatic carbocycles. The van der Waals surface area contributed by atoms with Crippen LogP contribution in [0.5, 0.6) is 0 Å². The maximum absolute atomic E-state index is 12.0. The Morgan fingerprint density at radius 1 is 1.48 bits per heavy atom. The number of amides is 1. The number of rotatable bonds is 4. The predicted octanol–water partition coefficient (Wildman–Crippen LogP) is 1.56. The van der Waals surface area contributed by atoms with E-state index in [1.165, 1.54) is 23.9 Å². The van der Waals surface area contributed by atoms with E-state index in [1.807, 2.05) is 12.1 Å². The van der Waals surface area contributed by atoms with Crippen LogP contribution in [0.1, 0.15) is 11.6 Å². The van der Waals surface area contributed by atoms with Crippen LogP contribution < -0.4 is 11.1 Å². The van der Waals surface area contributed by atoms with Crippen molar-refractivity contribution < 1.29 is 14.3 Å². The Labute approximate surface area is 122 Å². The average Bonchev–Trinajstić information content (AvgIpc) is 2.90. The number of nitrogens with two attached hydrogens (primary N) is 1. The van der Waals surface area contributed by atoms with Crippen molar-refractivity contribution >= 4 is 22.9 Å². The standard InChI is InChI=1S/C15H17N3O3/c1-3-8-21-15(20)18-9-11(13(16)14(19)17-2)10-6-4-5-7-12(10)18/h3-7,9,13H,1,8,16H2,2H3,(H,17,19)/t13-/m1/s1. The minimum Gasteiger partial charge on any atom is -0.445 e. The third kappa shape index (κ3) is 2.80. The molecule has 110 valence electrons. The maximum atomic E-state index is 12.0. The molecule has 21 heavy (non-hydrogen) atoms. The van der Waals surface area contributed by atoms with Gasteiger partial charge in [0.25, 0.3) is 0 Å². The van der Waals surface area contributed by atoms with Crippen LogP contribution in [0.25, 0.3) is 10.9 Å². The van der Waals surface area contributed by atoms with Gasteiger partial charge in [-0.15, -0.1) is 0 Å². The smallest absolute Gasteiger partial charge is 0.418 e. The highest BCUT2D eigenvalue weighted by Crippen LogP contribution is 2.25. The van der Waals surface area contributed by atoms with Gasteiger partial charge in [-0.05, 0) is 6.07 Å². The molecule has 6 nitrogen and oxygen atoms in total. The molecule has 2 aromatic rings. The highest BCUT2D eigenvalue weighted by Gasteiger charge is 2.22. The number of carbonyl (C=O) groups is 2. The number of aromatic nitrogens is 1. The van der Waals surface area contributed by atoms with Gasteiger partial charge in [0.2, 0.25) is 5.91 Å². The number of para-hydroxylation sites is 1. The van der Waals surface area contributed by atoms with Gasteiger partial charge < -0.3 is 15.8 Å². The first-order chi connectivity index (χ1) is 10.1. The van der Waals surface area contributed by atoms with Crippen molar-refractivity contribution in [2.75, 3.05) is 13.7 Å². The second kappa shape index (κ2) is 6.23. The van der Waals surface area contributed by atoms with E-state index in [0.29, 0.717) is 11.1 Å². The Balaban J connectivity index is 2.51. The molecule has 3 N–H and O–H groups in total. The van der Waals surface area contributed by atoms with Crippen molar-refractivity contribution in [2.24, 2.45) is 5.73 Å². The fraction of sp³-hybridized carbons (Fsp3) is 0.200. The lowest BCUT2D eigenvalue weighted by atomic mass is 10.1. The third-order valence-electron chi connectivity index (χ3n) is 3.13. The predicted molar refractivity (Wildman–Crippen MR) is 79.9 cm³/mol. The Hall–Kier alpha value is -2.60. The molecule has 0 unspecified atom stereocenters. The molecule has 1 amide bonds. The van der Waals surface area contributed by atoms with E-state index in [0.717, 1.165) is 5.39 Å². The summed E-state index contributed by atoms with van der Waals surface area (Å²) in [5.41, 5.74) is 7.14. The van der Waals surface area contributed by atoms with Gasteiger partial charge >= 0.3 is 6.09 Å². The zero-order valence-electron chi connectivity index (χ0n) is 11.7. The van der Waals surface area contributed by atoms with Gasteiger partial charge in [-0.2, -0.15) is 0 Å². The summed E-state index contributed by atoms with van der Waals surface area (Å²) in [6.45, 7) is 3.61. The van der Waals surface area contributed by atoms with Crippen molar-refractivity contribution in [2.45, 2.75) is 6.04 Å². The third-order valence-corrected chi connectivity index (χ3v) is 3.13. The van der Waals surface area contributed by atoms with Crippen LogP contribution in [0.4, 0.5) is 4.79 Å². The van der Waals surface area contributed by atoms with E-state index < -0.39 is 12.1 Å². The number of nitrogens with one attached hydrogen (secondary N) is 1. The first-order valence-corrected chi connectivity index (χ1v) is 6.45. The molecule has 6 heteroatoms. The van der Waals surface area contributed by atoms with Crippen LogP contribution in [-0.4, -0.2) is 30.2 Å². The van der Waals surface area contributed by atoms with Crippen LogP contribution in [-0.2, 0) is 9.53 Å². The fourth-order valence-electron chi connectivity index (χ4n) is 2.10. The number of benzene rings is 1. The van der Waals surface area contributed by atoms with Crippen molar-refractivity contribution in [1.82, 2.24) is 9.88 Å². The topological polar surface area (TPSA) is 86.3 Å². The summed E-state index contributed by atoms with van der Waals surface area (Å²) in [7, 11) is 1.51. The summed E-state index contributed by atoms with van der Waals surface area (Å²) in [4.78, 5) is 23.8. The zero-order valence-corrected chi connectivity index (χ0v) is 11.7. The molecule has 0 spiro atoms. The molecule has 1 heterocycles. The lowest BCUT2D eigenvalue weighted by molar-refractivity contribution is -0.121. The van der Waals surface area contributed by atoms with E-state index in [-0.39, 0.29) is 12.5 Å². The summed E-state index contributed by atoms with van der Waals surface area (Å²) >= 11 is 0. The van der Waals surface area contributed by atoms with E-state index >= 15 is 0 Å². The monoisotopic (exact) mass is 287 g/mol. The molecule has 0 saturated heterocycles. The molecule has 1 atom stereocenters. The van der Waals surface area contributed by atoms with E-state index in [4.69, 9.17) is 10.5 Å². The minimum absolute atomic E-state index is 0.113. The van der Waals surface area contributed by atoms with Crippen molar-refractivity contribution in [3.8, 4) is 0 Å². The van der Waals surface area contributed by atoms with E-state index in [9.17, 15) is 9.59 Å². The largest absolute Gasteiger partial charge is 0.445 e. The van der Waals surface area contributed by atoms with E-state index in [2.05, 4.69) is 11.9 Å². The maximum Gasteiger partial charge on any atom is 0.418 e. The van der Waals surface area contributed by atoms with Gasteiger partial charge in [-0.3, -0.25) is 9.36 Å². The zero-order chi connectivity index (χ0) is 15.4. The molecule has 0 fully saturated rings. The van der Waals surface area contributed by atoms with Crippen molar-refractivity contribution in [3.05, 3.63) is 48.7 Å². The average molecular weight is 287 g/mol. The highest BCUT2D eigenvalue weighted by atomic mass is 16.5. The number of carbonyl (C=O) groups excluding carboxylic acids is 2. The Morgan fingerprint density at radius 3 is 2.86 bits per heavy atom. The van der Waals surface area contributed by atoms with Crippen LogP contribution in [0.3, 0.4) is 0 Å². The van der Waals surface area contributed by atoms with Crippen molar-refractivity contribution in [3.63, 3.8) is 0 Å². The second-order valence-electron chi connectivity index (χ2n) is 4.43. The van der Waals surface area contributed by atoms with E-state index in [1.54, 1.807) is 12.1 Å². The summed E-state index contributed by atoms with van der Waals surface area (Å²) in [6.07, 6.45) is 2.48. The Bertz CT molecular complexity index is 691. The molecule has 0 bridgehead atoms. The lowest BCUT2D eigenvalue weighted by Crippen LogP contribution is -2.31. The number of fused-ring (bicyclic) bond motifs is 1. The second-order valence-corrected chi connectivity index (χ2v) is 4.43. The van der Waals surface area contributed by atoms with Gasteiger partial charge in [0.15, 0.2) is 0 Å². The molecule has 1 aromatic heterocycles. The number of ether oxygens (including phenoxy) is 1. The fourth-order valence-corrected chi connectivity index (χ4v) is 2.10. The molecular formula is C15H17N3O3. The van der Waals surface area contributed by atoms with Gasteiger partial charge in [-0.25, -0.2) is 4.79 Å². The van der Waals surface area contributed by atoms with Gasteiger partial charge in [-0.1, -0.05) is 30.9 Å². The number of likely N-dealkylation sites (N-methyl/N-ethyl adjacent to an activating group) is 1. The van der Waals surface area contributed by atoms with Gasteiger partial charge in [0, 0.05) is 24.2 Å². The molecule has 2 rings (SSSR count). The SMILES string of the molecule is C=CCOC(=O)n1cc([C@@H](N)C(=O)NC)c2ccccc21. The molecule has 0 saturated carbocycles. The molecule has 0 aliphatic rings. The first-order valence-electron chi connectivity index (χ1n) is 6.45. The van der Waals surface area contributed by atoms with Crippen molar-refractivity contribution in [1.29, 1.82) is 0 Å².